The molecule has 0 amide bonds. The molecule has 1 aromatic rings. The molecule has 0 fully saturated rings. The van der Waals surface area contributed by atoms with Gasteiger partial charge in [0.2, 0.25) is 0 Å². The van der Waals surface area contributed by atoms with Crippen LogP contribution < -0.4 is 0 Å². The lowest BCUT2D eigenvalue weighted by molar-refractivity contribution is 0.0954. The van der Waals surface area contributed by atoms with Crippen LogP contribution in [-0.4, -0.2) is 30.0 Å². The van der Waals surface area contributed by atoms with Crippen molar-refractivity contribution < 1.29 is 14.9 Å². The summed E-state index contributed by atoms with van der Waals surface area (Å²) in [5.74, 6) is 0. The first-order valence-electron chi connectivity index (χ1n) is 4.62. The first-order valence-corrected chi connectivity index (χ1v) is 4.62. The standard InChI is InChI=1S/C11H16O3/c1-14-8-10-4-2-3-9(5-10)6-11(13)7-12/h2-5,11-13H,6-8H2,1H3. The van der Waals surface area contributed by atoms with Crippen molar-refractivity contribution in [1.29, 1.82) is 0 Å². The van der Waals surface area contributed by atoms with E-state index < -0.39 is 6.10 Å². The zero-order valence-corrected chi connectivity index (χ0v) is 8.31. The van der Waals surface area contributed by atoms with Crippen LogP contribution in [0.2, 0.25) is 0 Å². The van der Waals surface area contributed by atoms with Crippen LogP contribution in [-0.2, 0) is 17.8 Å². The van der Waals surface area contributed by atoms with Gasteiger partial charge in [-0.3, -0.25) is 0 Å². The van der Waals surface area contributed by atoms with E-state index in [9.17, 15) is 5.11 Å². The maximum Gasteiger partial charge on any atom is 0.0811 e. The number of rotatable bonds is 5. The Labute approximate surface area is 84.0 Å². The number of methoxy groups -OCH3 is 1. The first-order chi connectivity index (χ1) is 6.76. The highest BCUT2D eigenvalue weighted by atomic mass is 16.5. The lowest BCUT2D eigenvalue weighted by Crippen LogP contribution is -2.15. The quantitative estimate of drug-likeness (QED) is 0.730. The predicted molar refractivity (Wildman–Crippen MR) is 54.0 cm³/mol. The molecule has 0 bridgehead atoms. The number of aliphatic hydroxyl groups excluding tert-OH is 2. The summed E-state index contributed by atoms with van der Waals surface area (Å²) in [6.07, 6.45) is -0.193. The van der Waals surface area contributed by atoms with E-state index in [0.29, 0.717) is 13.0 Å². The molecule has 2 N–H and O–H groups in total. The van der Waals surface area contributed by atoms with E-state index in [-0.39, 0.29) is 6.61 Å². The second kappa shape index (κ2) is 5.75. The highest BCUT2D eigenvalue weighted by Crippen LogP contribution is 2.08. The monoisotopic (exact) mass is 196 g/mol. The van der Waals surface area contributed by atoms with E-state index in [1.54, 1.807) is 7.11 Å². The van der Waals surface area contributed by atoms with Crippen molar-refractivity contribution >= 4 is 0 Å². The maximum atomic E-state index is 9.25. The molecular formula is C11H16O3. The molecule has 0 aliphatic rings. The lowest BCUT2D eigenvalue weighted by Gasteiger charge is -2.08. The molecule has 3 heteroatoms. The van der Waals surface area contributed by atoms with Crippen molar-refractivity contribution in [2.75, 3.05) is 13.7 Å². The fraction of sp³-hybridized carbons (Fsp3) is 0.455. The van der Waals surface area contributed by atoms with Crippen LogP contribution in [0.1, 0.15) is 11.1 Å². The van der Waals surface area contributed by atoms with E-state index in [1.807, 2.05) is 24.3 Å². The molecule has 1 unspecified atom stereocenters. The molecule has 0 aliphatic carbocycles. The van der Waals surface area contributed by atoms with Crippen LogP contribution in [0, 0.1) is 0 Å². The topological polar surface area (TPSA) is 49.7 Å². The predicted octanol–water partition coefficient (Wildman–Crippen LogP) is 0.729. The highest BCUT2D eigenvalue weighted by Gasteiger charge is 2.03. The van der Waals surface area contributed by atoms with Crippen LogP contribution in [0.5, 0.6) is 0 Å². The Morgan fingerprint density at radius 3 is 2.71 bits per heavy atom. The van der Waals surface area contributed by atoms with E-state index >= 15 is 0 Å². The Hall–Kier alpha value is -0.900. The molecule has 0 radical (unpaired) electrons. The molecule has 0 heterocycles. The van der Waals surface area contributed by atoms with Gasteiger partial charge in [-0.05, 0) is 11.1 Å². The highest BCUT2D eigenvalue weighted by molar-refractivity contribution is 5.23. The zero-order valence-electron chi connectivity index (χ0n) is 8.31. The number of aliphatic hydroxyl groups is 2. The fourth-order valence-corrected chi connectivity index (χ4v) is 1.35. The van der Waals surface area contributed by atoms with Gasteiger partial charge in [-0.25, -0.2) is 0 Å². The van der Waals surface area contributed by atoms with Crippen molar-refractivity contribution in [2.24, 2.45) is 0 Å². The van der Waals surface area contributed by atoms with Gasteiger partial charge in [-0.2, -0.15) is 0 Å². The number of ether oxygens (including phenoxy) is 1. The van der Waals surface area contributed by atoms with Crippen LogP contribution in [0.3, 0.4) is 0 Å². The minimum atomic E-state index is -0.673. The van der Waals surface area contributed by atoms with Crippen LogP contribution >= 0.6 is 0 Å². The average Bonchev–Trinajstić information content (AvgIpc) is 2.19. The normalized spacial score (nSPS) is 12.8. The number of hydrogen-bond acceptors (Lipinski definition) is 3. The van der Waals surface area contributed by atoms with Gasteiger partial charge >= 0.3 is 0 Å². The summed E-state index contributed by atoms with van der Waals surface area (Å²) in [7, 11) is 1.65. The van der Waals surface area contributed by atoms with Gasteiger partial charge in [0, 0.05) is 13.5 Å². The van der Waals surface area contributed by atoms with Crippen LogP contribution in [0.15, 0.2) is 24.3 Å². The Balaban J connectivity index is 2.63. The second-order valence-corrected chi connectivity index (χ2v) is 3.29. The van der Waals surface area contributed by atoms with Gasteiger partial charge in [0.15, 0.2) is 0 Å². The Bertz CT molecular complexity index is 273. The third kappa shape index (κ3) is 3.46. The van der Waals surface area contributed by atoms with Crippen molar-refractivity contribution in [3.63, 3.8) is 0 Å². The Morgan fingerprint density at radius 2 is 2.07 bits per heavy atom. The summed E-state index contributed by atoms with van der Waals surface area (Å²) < 4.78 is 5.00. The van der Waals surface area contributed by atoms with Crippen molar-refractivity contribution in [1.82, 2.24) is 0 Å². The number of benzene rings is 1. The van der Waals surface area contributed by atoms with Gasteiger partial charge in [0.1, 0.15) is 0 Å². The van der Waals surface area contributed by atoms with Gasteiger partial charge in [0.25, 0.3) is 0 Å². The van der Waals surface area contributed by atoms with Gasteiger partial charge in [0.05, 0.1) is 19.3 Å². The SMILES string of the molecule is COCc1cccc(CC(O)CO)c1. The third-order valence-corrected chi connectivity index (χ3v) is 1.98. The minimum absolute atomic E-state index is 0.200. The van der Waals surface area contributed by atoms with Gasteiger partial charge in [-0.1, -0.05) is 24.3 Å². The smallest absolute Gasteiger partial charge is 0.0811 e. The summed E-state index contributed by atoms with van der Waals surface area (Å²) in [6, 6.07) is 7.80. The molecule has 0 saturated heterocycles. The summed E-state index contributed by atoms with van der Waals surface area (Å²) in [6.45, 7) is 0.373. The van der Waals surface area contributed by atoms with E-state index in [4.69, 9.17) is 9.84 Å². The molecule has 0 saturated carbocycles. The summed E-state index contributed by atoms with van der Waals surface area (Å²) in [5, 5.41) is 17.9. The maximum absolute atomic E-state index is 9.25. The molecule has 0 aromatic heterocycles. The molecule has 14 heavy (non-hydrogen) atoms. The molecule has 0 aliphatic heterocycles. The van der Waals surface area contributed by atoms with Crippen molar-refractivity contribution in [3.05, 3.63) is 35.4 Å². The minimum Gasteiger partial charge on any atom is -0.394 e. The molecular weight excluding hydrogens is 180 g/mol. The van der Waals surface area contributed by atoms with Gasteiger partial charge < -0.3 is 14.9 Å². The van der Waals surface area contributed by atoms with Crippen molar-refractivity contribution in [3.8, 4) is 0 Å². The first kappa shape index (κ1) is 11.2. The van der Waals surface area contributed by atoms with Crippen LogP contribution in [0.25, 0.3) is 0 Å². The third-order valence-electron chi connectivity index (χ3n) is 1.98. The average molecular weight is 196 g/mol. The summed E-state index contributed by atoms with van der Waals surface area (Å²) in [5.41, 5.74) is 2.09. The molecule has 78 valence electrons. The lowest BCUT2D eigenvalue weighted by atomic mass is 10.1. The molecule has 1 atom stereocenters. The summed E-state index contributed by atoms with van der Waals surface area (Å²) in [4.78, 5) is 0. The van der Waals surface area contributed by atoms with E-state index in [1.165, 1.54) is 0 Å². The zero-order chi connectivity index (χ0) is 10.4. The van der Waals surface area contributed by atoms with E-state index in [0.717, 1.165) is 11.1 Å². The van der Waals surface area contributed by atoms with Crippen molar-refractivity contribution in [2.45, 2.75) is 19.1 Å². The summed E-state index contributed by atoms with van der Waals surface area (Å²) >= 11 is 0. The Kier molecular flexibility index (Phi) is 4.59. The second-order valence-electron chi connectivity index (χ2n) is 3.29. The van der Waals surface area contributed by atoms with Gasteiger partial charge in [-0.15, -0.1) is 0 Å². The molecule has 1 rings (SSSR count). The molecule has 0 spiro atoms. The largest absolute Gasteiger partial charge is 0.394 e. The fourth-order valence-electron chi connectivity index (χ4n) is 1.35. The Morgan fingerprint density at radius 1 is 1.36 bits per heavy atom. The van der Waals surface area contributed by atoms with E-state index in [2.05, 4.69) is 0 Å². The number of hydrogen-bond donors (Lipinski definition) is 2. The van der Waals surface area contributed by atoms with Crippen LogP contribution in [0.4, 0.5) is 0 Å². The molecule has 1 aromatic carbocycles. The molecule has 3 nitrogen and oxygen atoms in total.